The number of carbonyl (C=O) groups excluding carboxylic acids is 1. The minimum atomic E-state index is -0.264. The van der Waals surface area contributed by atoms with Crippen molar-refractivity contribution in [1.29, 1.82) is 0 Å². The number of nitrogens with one attached hydrogen (secondary N) is 1. The van der Waals surface area contributed by atoms with Crippen LogP contribution in [0.5, 0.6) is 0 Å². The Balaban J connectivity index is 1.99. The summed E-state index contributed by atoms with van der Waals surface area (Å²) in [6.07, 6.45) is 1.81. The van der Waals surface area contributed by atoms with Gasteiger partial charge in [0.25, 0.3) is 5.91 Å². The highest BCUT2D eigenvalue weighted by Gasteiger charge is 2.16. The molecule has 2 aromatic rings. The standard InChI is InChI=1S/C18H23FN4O/c1-3-11-23(12-4-2)18(24)16-9-10-17(22-21-16)20-13-14-7-5-6-8-15(14)19/h5-10H,3-4,11-13H2,1-2H3,(H,20,22). The molecule has 5 nitrogen and oxygen atoms in total. The maximum atomic E-state index is 13.6. The fourth-order valence-electron chi connectivity index (χ4n) is 2.38. The van der Waals surface area contributed by atoms with Gasteiger partial charge in [0.05, 0.1) is 0 Å². The van der Waals surface area contributed by atoms with Gasteiger partial charge in [0.15, 0.2) is 5.69 Å². The maximum absolute atomic E-state index is 13.6. The van der Waals surface area contributed by atoms with E-state index in [4.69, 9.17) is 0 Å². The molecule has 0 aliphatic carbocycles. The van der Waals surface area contributed by atoms with Crippen molar-refractivity contribution in [3.63, 3.8) is 0 Å². The minimum Gasteiger partial charge on any atom is -0.364 e. The number of carbonyl (C=O) groups is 1. The molecule has 6 heteroatoms. The molecule has 0 saturated carbocycles. The van der Waals surface area contributed by atoms with E-state index in [1.54, 1.807) is 35.2 Å². The van der Waals surface area contributed by atoms with Gasteiger partial charge in [0.2, 0.25) is 0 Å². The molecule has 1 N–H and O–H groups in total. The summed E-state index contributed by atoms with van der Waals surface area (Å²) in [6.45, 7) is 5.81. The Hall–Kier alpha value is -2.50. The summed E-state index contributed by atoms with van der Waals surface area (Å²) in [4.78, 5) is 14.2. The molecule has 0 atom stereocenters. The zero-order valence-corrected chi connectivity index (χ0v) is 14.1. The topological polar surface area (TPSA) is 58.1 Å². The third-order valence-corrected chi connectivity index (χ3v) is 3.58. The van der Waals surface area contributed by atoms with E-state index >= 15 is 0 Å². The fourth-order valence-corrected chi connectivity index (χ4v) is 2.38. The van der Waals surface area contributed by atoms with Crippen LogP contribution in [0.25, 0.3) is 0 Å². The second kappa shape index (κ2) is 8.96. The second-order valence-corrected chi connectivity index (χ2v) is 5.54. The highest BCUT2D eigenvalue weighted by atomic mass is 19.1. The number of halogens is 1. The van der Waals surface area contributed by atoms with Crippen molar-refractivity contribution >= 4 is 11.7 Å². The first-order valence-electron chi connectivity index (χ1n) is 8.26. The van der Waals surface area contributed by atoms with Crippen LogP contribution in [0, 0.1) is 5.82 Å². The maximum Gasteiger partial charge on any atom is 0.274 e. The van der Waals surface area contributed by atoms with Crippen LogP contribution in [-0.2, 0) is 6.54 Å². The minimum absolute atomic E-state index is 0.105. The lowest BCUT2D eigenvalue weighted by atomic mass is 10.2. The predicted octanol–water partition coefficient (Wildman–Crippen LogP) is 3.49. The lowest BCUT2D eigenvalue weighted by Gasteiger charge is -2.20. The van der Waals surface area contributed by atoms with E-state index in [-0.39, 0.29) is 11.7 Å². The van der Waals surface area contributed by atoms with Gasteiger partial charge in [0, 0.05) is 25.2 Å². The zero-order valence-electron chi connectivity index (χ0n) is 14.1. The van der Waals surface area contributed by atoms with E-state index in [2.05, 4.69) is 15.5 Å². The molecule has 0 saturated heterocycles. The van der Waals surface area contributed by atoms with Crippen molar-refractivity contribution in [2.24, 2.45) is 0 Å². The molecule has 0 aliphatic rings. The van der Waals surface area contributed by atoms with Crippen molar-refractivity contribution in [2.45, 2.75) is 33.2 Å². The molecule has 24 heavy (non-hydrogen) atoms. The van der Waals surface area contributed by atoms with Crippen LogP contribution in [0.3, 0.4) is 0 Å². The first kappa shape index (κ1) is 17.8. The smallest absolute Gasteiger partial charge is 0.274 e. The Morgan fingerprint density at radius 2 is 1.79 bits per heavy atom. The van der Waals surface area contributed by atoms with Crippen molar-refractivity contribution < 1.29 is 9.18 Å². The summed E-state index contributed by atoms with van der Waals surface area (Å²) in [5, 5.41) is 11.0. The van der Waals surface area contributed by atoms with Gasteiger partial charge in [-0.2, -0.15) is 0 Å². The van der Waals surface area contributed by atoms with Crippen molar-refractivity contribution in [3.05, 3.63) is 53.5 Å². The van der Waals surface area contributed by atoms with Gasteiger partial charge < -0.3 is 10.2 Å². The van der Waals surface area contributed by atoms with E-state index in [1.807, 2.05) is 13.8 Å². The van der Waals surface area contributed by atoms with Gasteiger partial charge in [-0.05, 0) is 31.0 Å². The zero-order chi connectivity index (χ0) is 17.4. The van der Waals surface area contributed by atoms with Crippen LogP contribution in [0.4, 0.5) is 10.2 Å². The van der Waals surface area contributed by atoms with Crippen LogP contribution in [0.2, 0.25) is 0 Å². The van der Waals surface area contributed by atoms with Gasteiger partial charge >= 0.3 is 0 Å². The summed E-state index contributed by atoms with van der Waals surface area (Å²) >= 11 is 0. The molecular formula is C18H23FN4O. The third kappa shape index (κ3) is 4.75. The number of nitrogens with zero attached hydrogens (tertiary/aromatic N) is 3. The molecule has 0 bridgehead atoms. The fraction of sp³-hybridized carbons (Fsp3) is 0.389. The average Bonchev–Trinajstić information content (AvgIpc) is 2.61. The second-order valence-electron chi connectivity index (χ2n) is 5.54. The van der Waals surface area contributed by atoms with E-state index in [9.17, 15) is 9.18 Å². The van der Waals surface area contributed by atoms with E-state index < -0.39 is 0 Å². The number of aromatic nitrogens is 2. The van der Waals surface area contributed by atoms with Crippen LogP contribution < -0.4 is 5.32 Å². The number of amides is 1. The molecule has 128 valence electrons. The lowest BCUT2D eigenvalue weighted by Crippen LogP contribution is -2.33. The molecule has 2 rings (SSSR count). The summed E-state index contributed by atoms with van der Waals surface area (Å²) in [5.74, 6) is 0.138. The van der Waals surface area contributed by atoms with Crippen LogP contribution in [0.1, 0.15) is 42.7 Å². The van der Waals surface area contributed by atoms with Crippen LogP contribution in [0.15, 0.2) is 36.4 Å². The summed E-state index contributed by atoms with van der Waals surface area (Å²) in [7, 11) is 0. The van der Waals surface area contributed by atoms with Gasteiger partial charge in [0.1, 0.15) is 11.6 Å². The molecule has 1 aromatic heterocycles. The molecule has 0 radical (unpaired) electrons. The normalized spacial score (nSPS) is 10.5. The van der Waals surface area contributed by atoms with Gasteiger partial charge in [-0.3, -0.25) is 4.79 Å². The SMILES string of the molecule is CCCN(CCC)C(=O)c1ccc(NCc2ccccc2F)nn1. The van der Waals surface area contributed by atoms with E-state index in [0.717, 1.165) is 12.8 Å². The highest BCUT2D eigenvalue weighted by molar-refractivity contribution is 5.92. The van der Waals surface area contributed by atoms with Crippen molar-refractivity contribution in [2.75, 3.05) is 18.4 Å². The molecule has 0 unspecified atom stereocenters. The molecule has 1 aromatic carbocycles. The number of benzene rings is 1. The number of anilines is 1. The summed E-state index contributed by atoms with van der Waals surface area (Å²) < 4.78 is 13.6. The van der Waals surface area contributed by atoms with Gasteiger partial charge in [-0.25, -0.2) is 4.39 Å². The Morgan fingerprint density at radius 1 is 1.08 bits per heavy atom. The number of hydrogen-bond acceptors (Lipinski definition) is 4. The highest BCUT2D eigenvalue weighted by Crippen LogP contribution is 2.10. The van der Waals surface area contributed by atoms with Gasteiger partial charge in [-0.15, -0.1) is 10.2 Å². The van der Waals surface area contributed by atoms with Crippen molar-refractivity contribution in [1.82, 2.24) is 15.1 Å². The quantitative estimate of drug-likeness (QED) is 0.805. The Kier molecular flexibility index (Phi) is 6.66. The Bertz CT molecular complexity index is 654. The lowest BCUT2D eigenvalue weighted by molar-refractivity contribution is 0.0748. The Morgan fingerprint density at radius 3 is 2.38 bits per heavy atom. The molecule has 0 fully saturated rings. The molecule has 1 heterocycles. The van der Waals surface area contributed by atoms with Gasteiger partial charge in [-0.1, -0.05) is 32.0 Å². The summed E-state index contributed by atoms with van der Waals surface area (Å²) in [6, 6.07) is 9.90. The van der Waals surface area contributed by atoms with Crippen LogP contribution in [-0.4, -0.2) is 34.1 Å². The Labute approximate surface area is 141 Å². The predicted molar refractivity (Wildman–Crippen MR) is 92.2 cm³/mol. The monoisotopic (exact) mass is 330 g/mol. The molecule has 0 spiro atoms. The molecule has 0 aliphatic heterocycles. The largest absolute Gasteiger partial charge is 0.364 e. The number of rotatable bonds is 8. The third-order valence-electron chi connectivity index (χ3n) is 3.58. The molecule has 1 amide bonds. The van der Waals surface area contributed by atoms with E-state index in [0.29, 0.717) is 36.7 Å². The average molecular weight is 330 g/mol. The molecular weight excluding hydrogens is 307 g/mol. The summed E-state index contributed by atoms with van der Waals surface area (Å²) in [5.41, 5.74) is 0.880. The van der Waals surface area contributed by atoms with Crippen LogP contribution >= 0.6 is 0 Å². The number of hydrogen-bond donors (Lipinski definition) is 1. The van der Waals surface area contributed by atoms with E-state index in [1.165, 1.54) is 6.07 Å². The van der Waals surface area contributed by atoms with Crippen molar-refractivity contribution in [3.8, 4) is 0 Å². The first-order valence-corrected chi connectivity index (χ1v) is 8.26. The first-order chi connectivity index (χ1) is 11.7.